The Kier molecular flexibility index (Phi) is 3.90. The summed E-state index contributed by atoms with van der Waals surface area (Å²) in [5.41, 5.74) is 4.26. The van der Waals surface area contributed by atoms with E-state index in [0.29, 0.717) is 0 Å². The molecule has 4 heteroatoms. The Morgan fingerprint density at radius 3 is 2.61 bits per heavy atom. The van der Waals surface area contributed by atoms with Gasteiger partial charge in [-0.1, -0.05) is 41.9 Å². The van der Waals surface area contributed by atoms with E-state index in [1.54, 1.807) is 11.3 Å². The van der Waals surface area contributed by atoms with Crippen LogP contribution in [0.15, 0.2) is 71.0 Å². The SMILES string of the molecule is Clc1ccc(C2=Nc3ccccc3NC(c3cccs3)C2)cc1. The summed E-state index contributed by atoms with van der Waals surface area (Å²) in [5, 5.41) is 6.51. The zero-order valence-electron chi connectivity index (χ0n) is 12.4. The molecule has 0 saturated carbocycles. The fourth-order valence-corrected chi connectivity index (χ4v) is 3.71. The molecule has 1 atom stereocenters. The van der Waals surface area contributed by atoms with E-state index in [2.05, 4.69) is 35.0 Å². The van der Waals surface area contributed by atoms with Crippen molar-refractivity contribution in [1.82, 2.24) is 0 Å². The third kappa shape index (κ3) is 3.03. The summed E-state index contributed by atoms with van der Waals surface area (Å²) in [6.07, 6.45) is 0.844. The van der Waals surface area contributed by atoms with E-state index in [1.165, 1.54) is 4.88 Å². The first kappa shape index (κ1) is 14.5. The quantitative estimate of drug-likeness (QED) is 0.601. The Morgan fingerprint density at radius 2 is 1.83 bits per heavy atom. The van der Waals surface area contributed by atoms with Crippen molar-refractivity contribution < 1.29 is 0 Å². The zero-order valence-corrected chi connectivity index (χ0v) is 13.9. The summed E-state index contributed by atoms with van der Waals surface area (Å²) in [5.74, 6) is 0. The van der Waals surface area contributed by atoms with Gasteiger partial charge in [0.25, 0.3) is 0 Å². The topological polar surface area (TPSA) is 24.4 Å². The third-order valence-corrected chi connectivity index (χ3v) is 5.19. The van der Waals surface area contributed by atoms with Gasteiger partial charge >= 0.3 is 0 Å². The maximum absolute atomic E-state index is 6.02. The van der Waals surface area contributed by atoms with E-state index in [9.17, 15) is 0 Å². The molecular weight excluding hydrogens is 324 g/mol. The van der Waals surface area contributed by atoms with Gasteiger partial charge in [-0.15, -0.1) is 11.3 Å². The van der Waals surface area contributed by atoms with Crippen LogP contribution in [0.5, 0.6) is 0 Å². The zero-order chi connectivity index (χ0) is 15.6. The first-order chi connectivity index (χ1) is 11.3. The van der Waals surface area contributed by atoms with Crippen LogP contribution < -0.4 is 5.32 Å². The summed E-state index contributed by atoms with van der Waals surface area (Å²) in [6.45, 7) is 0. The minimum atomic E-state index is 0.230. The molecule has 0 radical (unpaired) electrons. The lowest BCUT2D eigenvalue weighted by atomic mass is 10.0. The van der Waals surface area contributed by atoms with E-state index in [-0.39, 0.29) is 6.04 Å². The molecule has 0 saturated heterocycles. The molecule has 1 unspecified atom stereocenters. The number of benzene rings is 2. The Labute approximate surface area is 144 Å². The maximum atomic E-state index is 6.02. The lowest BCUT2D eigenvalue weighted by Crippen LogP contribution is -2.13. The van der Waals surface area contributed by atoms with Gasteiger partial charge in [-0.3, -0.25) is 4.99 Å². The van der Waals surface area contributed by atoms with Crippen LogP contribution in [-0.4, -0.2) is 5.71 Å². The molecule has 4 rings (SSSR count). The Bertz CT molecular complexity index is 838. The van der Waals surface area contributed by atoms with Crippen molar-refractivity contribution in [2.24, 2.45) is 4.99 Å². The second-order valence-electron chi connectivity index (χ2n) is 5.50. The molecule has 0 amide bonds. The largest absolute Gasteiger partial charge is 0.375 e. The van der Waals surface area contributed by atoms with Crippen molar-refractivity contribution in [1.29, 1.82) is 0 Å². The van der Waals surface area contributed by atoms with Gasteiger partial charge in [0.05, 0.1) is 23.1 Å². The Morgan fingerprint density at radius 1 is 1.00 bits per heavy atom. The molecule has 3 aromatic rings. The smallest absolute Gasteiger partial charge is 0.0864 e. The fraction of sp³-hybridized carbons (Fsp3) is 0.105. The van der Waals surface area contributed by atoms with Gasteiger partial charge in [-0.25, -0.2) is 0 Å². The van der Waals surface area contributed by atoms with Crippen molar-refractivity contribution in [2.75, 3.05) is 5.32 Å². The van der Waals surface area contributed by atoms with E-state index in [4.69, 9.17) is 16.6 Å². The number of halogens is 1. The molecule has 0 spiro atoms. The second-order valence-corrected chi connectivity index (χ2v) is 6.91. The predicted molar refractivity (Wildman–Crippen MR) is 99.4 cm³/mol. The summed E-state index contributed by atoms with van der Waals surface area (Å²) >= 11 is 7.80. The highest BCUT2D eigenvalue weighted by atomic mass is 35.5. The van der Waals surface area contributed by atoms with E-state index < -0.39 is 0 Å². The number of hydrogen-bond acceptors (Lipinski definition) is 3. The molecular formula is C19H15ClN2S. The number of fused-ring (bicyclic) bond motifs is 1. The van der Waals surface area contributed by atoms with E-state index >= 15 is 0 Å². The van der Waals surface area contributed by atoms with Crippen molar-refractivity contribution in [2.45, 2.75) is 12.5 Å². The molecule has 1 aromatic heterocycles. The van der Waals surface area contributed by atoms with Crippen LogP contribution in [0.3, 0.4) is 0 Å². The molecule has 2 heterocycles. The number of nitrogens with zero attached hydrogens (tertiary/aromatic N) is 1. The first-order valence-corrected chi connectivity index (χ1v) is 8.78. The monoisotopic (exact) mass is 338 g/mol. The molecule has 1 N–H and O–H groups in total. The average Bonchev–Trinajstić information content (AvgIpc) is 3.03. The Balaban J connectivity index is 1.80. The molecule has 23 heavy (non-hydrogen) atoms. The molecule has 1 aliphatic heterocycles. The number of nitrogens with one attached hydrogen (secondary N) is 1. The minimum absolute atomic E-state index is 0.230. The molecule has 2 nitrogen and oxygen atoms in total. The number of rotatable bonds is 2. The van der Waals surface area contributed by atoms with Gasteiger partial charge in [-0.05, 0) is 41.3 Å². The van der Waals surface area contributed by atoms with Crippen LogP contribution in [0.25, 0.3) is 0 Å². The highest BCUT2D eigenvalue weighted by molar-refractivity contribution is 7.10. The third-order valence-electron chi connectivity index (χ3n) is 3.95. The average molecular weight is 339 g/mol. The van der Waals surface area contributed by atoms with Gasteiger partial charge < -0.3 is 5.32 Å². The van der Waals surface area contributed by atoms with Crippen molar-refractivity contribution in [3.8, 4) is 0 Å². The normalized spacial score (nSPS) is 16.9. The maximum Gasteiger partial charge on any atom is 0.0864 e. The highest BCUT2D eigenvalue weighted by Crippen LogP contribution is 2.36. The predicted octanol–water partition coefficient (Wildman–Crippen LogP) is 6.08. The molecule has 0 aliphatic carbocycles. The van der Waals surface area contributed by atoms with E-state index in [1.807, 2.05) is 36.4 Å². The van der Waals surface area contributed by atoms with Gasteiger partial charge in [0.2, 0.25) is 0 Å². The summed E-state index contributed by atoms with van der Waals surface area (Å²) in [7, 11) is 0. The van der Waals surface area contributed by atoms with Crippen LogP contribution >= 0.6 is 22.9 Å². The fourth-order valence-electron chi connectivity index (χ4n) is 2.80. The number of thiophene rings is 1. The van der Waals surface area contributed by atoms with Crippen LogP contribution in [0.1, 0.15) is 22.9 Å². The molecule has 2 aromatic carbocycles. The van der Waals surface area contributed by atoms with Crippen molar-refractivity contribution in [3.63, 3.8) is 0 Å². The van der Waals surface area contributed by atoms with Crippen LogP contribution in [0.2, 0.25) is 5.02 Å². The minimum Gasteiger partial charge on any atom is -0.375 e. The summed E-state index contributed by atoms with van der Waals surface area (Å²) in [4.78, 5) is 6.24. The number of anilines is 1. The van der Waals surface area contributed by atoms with Gasteiger partial charge in [-0.2, -0.15) is 0 Å². The molecule has 1 aliphatic rings. The van der Waals surface area contributed by atoms with Gasteiger partial charge in [0.15, 0.2) is 0 Å². The second kappa shape index (κ2) is 6.19. The Hall–Kier alpha value is -2.10. The highest BCUT2D eigenvalue weighted by Gasteiger charge is 2.21. The summed E-state index contributed by atoms with van der Waals surface area (Å²) < 4.78 is 0. The van der Waals surface area contributed by atoms with Gasteiger partial charge in [0.1, 0.15) is 0 Å². The van der Waals surface area contributed by atoms with Crippen LogP contribution in [0, 0.1) is 0 Å². The first-order valence-electron chi connectivity index (χ1n) is 7.52. The van der Waals surface area contributed by atoms with Crippen molar-refractivity contribution >= 4 is 40.0 Å². The lowest BCUT2D eigenvalue weighted by molar-refractivity contribution is 0.848. The molecule has 0 fully saturated rings. The number of hydrogen-bond donors (Lipinski definition) is 1. The molecule has 0 bridgehead atoms. The van der Waals surface area contributed by atoms with Gasteiger partial charge in [0, 0.05) is 16.3 Å². The number of aliphatic imine (C=N–C) groups is 1. The standard InChI is InChI=1S/C19H15ClN2S/c20-14-9-7-13(8-10-14)17-12-18(19-6-3-11-23-19)22-16-5-2-1-4-15(16)21-17/h1-11,18,22H,12H2. The van der Waals surface area contributed by atoms with E-state index in [0.717, 1.165) is 34.1 Å². The van der Waals surface area contributed by atoms with Crippen LogP contribution in [-0.2, 0) is 0 Å². The molecule has 114 valence electrons. The number of para-hydroxylation sites is 2. The summed E-state index contributed by atoms with van der Waals surface area (Å²) in [6, 6.07) is 20.6. The lowest BCUT2D eigenvalue weighted by Gasteiger charge is -2.17. The van der Waals surface area contributed by atoms with Crippen molar-refractivity contribution in [3.05, 3.63) is 81.5 Å². The van der Waals surface area contributed by atoms with Crippen LogP contribution in [0.4, 0.5) is 11.4 Å².